The first kappa shape index (κ1) is 12.2. The molecule has 1 rings (SSSR count). The van der Waals surface area contributed by atoms with E-state index in [-0.39, 0.29) is 0 Å². The highest BCUT2D eigenvalue weighted by atomic mass is 16.2. The summed E-state index contributed by atoms with van der Waals surface area (Å²) in [7, 11) is 0. The molecule has 1 saturated heterocycles. The summed E-state index contributed by atoms with van der Waals surface area (Å²) in [6.45, 7) is 9.31. The lowest BCUT2D eigenvalue weighted by Crippen LogP contribution is -2.39. The molecular formula is C12H22N2O. The van der Waals surface area contributed by atoms with Crippen molar-refractivity contribution < 1.29 is 4.79 Å². The van der Waals surface area contributed by atoms with Gasteiger partial charge in [0.25, 0.3) is 0 Å². The third-order valence-electron chi connectivity index (χ3n) is 2.94. The van der Waals surface area contributed by atoms with E-state index in [9.17, 15) is 4.79 Å². The number of carbonyl (C=O) groups excluding carboxylic acids is 1. The molecular weight excluding hydrogens is 188 g/mol. The molecule has 0 aliphatic carbocycles. The number of hydrogen-bond donors (Lipinski definition) is 1. The molecule has 1 aliphatic heterocycles. The number of piperidine rings is 1. The predicted molar refractivity (Wildman–Crippen MR) is 62.7 cm³/mol. The van der Waals surface area contributed by atoms with Crippen LogP contribution in [0.25, 0.3) is 0 Å². The first-order chi connectivity index (χ1) is 7.24. The Bertz CT molecular complexity index is 208. The lowest BCUT2D eigenvalue weighted by Gasteiger charge is -2.30. The standard InChI is InChI=1S/C12H22N2O/c1-3-7-13-8-4-12(15)14-9-5-11(2)6-10-14/h3,11,13H,1,4-10H2,2H3. The summed E-state index contributed by atoms with van der Waals surface area (Å²) in [4.78, 5) is 13.7. The molecule has 0 saturated carbocycles. The Labute approximate surface area is 92.5 Å². The van der Waals surface area contributed by atoms with E-state index in [1.54, 1.807) is 0 Å². The van der Waals surface area contributed by atoms with Crippen LogP contribution in [-0.2, 0) is 4.79 Å². The Hall–Kier alpha value is -0.830. The summed E-state index contributed by atoms with van der Waals surface area (Å²) in [5.41, 5.74) is 0. The van der Waals surface area contributed by atoms with Gasteiger partial charge in [-0.15, -0.1) is 6.58 Å². The molecule has 3 nitrogen and oxygen atoms in total. The van der Waals surface area contributed by atoms with Crippen molar-refractivity contribution in [3.05, 3.63) is 12.7 Å². The maximum absolute atomic E-state index is 11.7. The number of hydrogen-bond acceptors (Lipinski definition) is 2. The number of amides is 1. The van der Waals surface area contributed by atoms with Crippen molar-refractivity contribution in [3.63, 3.8) is 0 Å². The van der Waals surface area contributed by atoms with Crippen molar-refractivity contribution >= 4 is 5.91 Å². The fourth-order valence-electron chi connectivity index (χ4n) is 1.82. The van der Waals surface area contributed by atoms with Gasteiger partial charge in [-0.3, -0.25) is 4.79 Å². The number of nitrogens with zero attached hydrogens (tertiary/aromatic N) is 1. The first-order valence-electron chi connectivity index (χ1n) is 5.83. The van der Waals surface area contributed by atoms with Gasteiger partial charge >= 0.3 is 0 Å². The summed E-state index contributed by atoms with van der Waals surface area (Å²) in [6.07, 6.45) is 4.74. The van der Waals surface area contributed by atoms with E-state index >= 15 is 0 Å². The molecule has 0 bridgehead atoms. The minimum Gasteiger partial charge on any atom is -0.343 e. The van der Waals surface area contributed by atoms with Gasteiger partial charge in [-0.2, -0.15) is 0 Å². The third kappa shape index (κ3) is 4.47. The summed E-state index contributed by atoms with van der Waals surface area (Å²) in [5.74, 6) is 1.08. The van der Waals surface area contributed by atoms with Crippen LogP contribution in [0.1, 0.15) is 26.2 Å². The van der Waals surface area contributed by atoms with Crippen LogP contribution < -0.4 is 5.32 Å². The maximum atomic E-state index is 11.7. The van der Waals surface area contributed by atoms with Gasteiger partial charge in [0.05, 0.1) is 0 Å². The predicted octanol–water partition coefficient (Wildman–Crippen LogP) is 1.41. The average molecular weight is 210 g/mol. The number of rotatable bonds is 5. The van der Waals surface area contributed by atoms with Crippen molar-refractivity contribution in [2.24, 2.45) is 5.92 Å². The van der Waals surface area contributed by atoms with Crippen molar-refractivity contribution in [1.82, 2.24) is 10.2 Å². The van der Waals surface area contributed by atoms with Gasteiger partial charge in [-0.25, -0.2) is 0 Å². The molecule has 0 unspecified atom stereocenters. The molecule has 0 aromatic carbocycles. The smallest absolute Gasteiger partial charge is 0.223 e. The lowest BCUT2D eigenvalue weighted by molar-refractivity contribution is -0.132. The van der Waals surface area contributed by atoms with Crippen LogP contribution in [0, 0.1) is 5.92 Å². The van der Waals surface area contributed by atoms with Gasteiger partial charge in [0.1, 0.15) is 0 Å². The Kier molecular flexibility index (Phi) is 5.40. The van der Waals surface area contributed by atoms with E-state index in [1.165, 1.54) is 0 Å². The molecule has 1 N–H and O–H groups in total. The van der Waals surface area contributed by atoms with Gasteiger partial charge in [0.2, 0.25) is 5.91 Å². The Morgan fingerprint density at radius 2 is 2.20 bits per heavy atom. The van der Waals surface area contributed by atoms with Gasteiger partial charge in [0, 0.05) is 32.6 Å². The zero-order chi connectivity index (χ0) is 11.1. The minimum atomic E-state index is 0.290. The summed E-state index contributed by atoms with van der Waals surface area (Å²) in [6, 6.07) is 0. The summed E-state index contributed by atoms with van der Waals surface area (Å²) >= 11 is 0. The van der Waals surface area contributed by atoms with Crippen LogP contribution in [0.5, 0.6) is 0 Å². The number of likely N-dealkylation sites (tertiary alicyclic amines) is 1. The second-order valence-corrected chi connectivity index (χ2v) is 4.31. The molecule has 0 aromatic rings. The van der Waals surface area contributed by atoms with Gasteiger partial charge in [-0.05, 0) is 18.8 Å². The normalized spacial score (nSPS) is 17.8. The average Bonchev–Trinajstić information content (AvgIpc) is 2.25. The molecule has 1 amide bonds. The highest BCUT2D eigenvalue weighted by Gasteiger charge is 2.19. The topological polar surface area (TPSA) is 32.3 Å². The molecule has 1 fully saturated rings. The second-order valence-electron chi connectivity index (χ2n) is 4.31. The quantitative estimate of drug-likeness (QED) is 0.549. The minimum absolute atomic E-state index is 0.290. The monoisotopic (exact) mass is 210 g/mol. The second kappa shape index (κ2) is 6.62. The molecule has 15 heavy (non-hydrogen) atoms. The largest absolute Gasteiger partial charge is 0.343 e. The summed E-state index contributed by atoms with van der Waals surface area (Å²) < 4.78 is 0. The Morgan fingerprint density at radius 1 is 1.53 bits per heavy atom. The third-order valence-corrected chi connectivity index (χ3v) is 2.94. The van der Waals surface area contributed by atoms with Gasteiger partial charge in [0.15, 0.2) is 0 Å². The van der Waals surface area contributed by atoms with E-state index in [4.69, 9.17) is 0 Å². The van der Waals surface area contributed by atoms with Crippen LogP contribution in [0.15, 0.2) is 12.7 Å². The molecule has 0 radical (unpaired) electrons. The highest BCUT2D eigenvalue weighted by molar-refractivity contribution is 5.76. The lowest BCUT2D eigenvalue weighted by atomic mass is 9.99. The van der Waals surface area contributed by atoms with E-state index in [2.05, 4.69) is 18.8 Å². The van der Waals surface area contributed by atoms with Crippen LogP contribution >= 0.6 is 0 Å². The molecule has 1 heterocycles. The Balaban J connectivity index is 2.14. The van der Waals surface area contributed by atoms with E-state index in [0.29, 0.717) is 12.3 Å². The van der Waals surface area contributed by atoms with E-state index in [0.717, 1.165) is 44.9 Å². The Morgan fingerprint density at radius 3 is 2.80 bits per heavy atom. The zero-order valence-electron chi connectivity index (χ0n) is 9.67. The van der Waals surface area contributed by atoms with Gasteiger partial charge < -0.3 is 10.2 Å². The highest BCUT2D eigenvalue weighted by Crippen LogP contribution is 2.16. The van der Waals surface area contributed by atoms with Crippen LogP contribution in [0.4, 0.5) is 0 Å². The molecule has 86 valence electrons. The first-order valence-corrected chi connectivity index (χ1v) is 5.83. The molecule has 3 heteroatoms. The zero-order valence-corrected chi connectivity index (χ0v) is 9.67. The molecule has 0 aromatic heterocycles. The van der Waals surface area contributed by atoms with E-state index < -0.39 is 0 Å². The van der Waals surface area contributed by atoms with Crippen molar-refractivity contribution in [2.75, 3.05) is 26.2 Å². The summed E-state index contributed by atoms with van der Waals surface area (Å²) in [5, 5.41) is 3.15. The maximum Gasteiger partial charge on any atom is 0.223 e. The molecule has 0 atom stereocenters. The van der Waals surface area contributed by atoms with Gasteiger partial charge in [-0.1, -0.05) is 13.0 Å². The van der Waals surface area contributed by atoms with Crippen LogP contribution in [-0.4, -0.2) is 37.0 Å². The van der Waals surface area contributed by atoms with Crippen molar-refractivity contribution in [3.8, 4) is 0 Å². The van der Waals surface area contributed by atoms with Crippen LogP contribution in [0.3, 0.4) is 0 Å². The fraction of sp³-hybridized carbons (Fsp3) is 0.750. The van der Waals surface area contributed by atoms with Crippen molar-refractivity contribution in [1.29, 1.82) is 0 Å². The number of nitrogens with one attached hydrogen (secondary N) is 1. The van der Waals surface area contributed by atoms with Crippen LogP contribution in [0.2, 0.25) is 0 Å². The molecule has 0 spiro atoms. The number of carbonyl (C=O) groups is 1. The SMILES string of the molecule is C=CCNCCC(=O)N1CCC(C)CC1. The fourth-order valence-corrected chi connectivity index (χ4v) is 1.82. The van der Waals surface area contributed by atoms with E-state index in [1.807, 2.05) is 11.0 Å². The molecule has 1 aliphatic rings. The van der Waals surface area contributed by atoms with Crippen molar-refractivity contribution in [2.45, 2.75) is 26.2 Å².